The van der Waals surface area contributed by atoms with Crippen LogP contribution in [0.1, 0.15) is 51.9 Å². The number of ether oxygens (including phenoxy) is 1. The average molecular weight is 528 g/mol. The topological polar surface area (TPSA) is 66.0 Å². The van der Waals surface area contributed by atoms with Crippen LogP contribution in [0.4, 0.5) is 0 Å². The molecule has 0 aromatic heterocycles. The zero-order chi connectivity index (χ0) is 20.3. The predicted molar refractivity (Wildman–Crippen MR) is 133 cm³/mol. The van der Waals surface area contributed by atoms with E-state index in [0.29, 0.717) is 25.4 Å². The number of rotatable bonds is 8. The number of amides is 1. The van der Waals surface area contributed by atoms with Crippen molar-refractivity contribution in [1.82, 2.24) is 15.5 Å². The third kappa shape index (κ3) is 8.32. The number of aliphatic imine (C=N–C) groups is 1. The molecule has 1 aliphatic heterocycles. The van der Waals surface area contributed by atoms with Crippen LogP contribution in [0.3, 0.4) is 0 Å². The fourth-order valence-corrected chi connectivity index (χ4v) is 4.21. The molecule has 1 aliphatic carbocycles. The van der Waals surface area contributed by atoms with Crippen LogP contribution >= 0.6 is 24.0 Å². The first kappa shape index (κ1) is 24.8. The number of benzene rings is 1. The summed E-state index contributed by atoms with van der Waals surface area (Å²) >= 11 is 0. The molecule has 1 aromatic carbocycles. The van der Waals surface area contributed by atoms with Crippen molar-refractivity contribution in [1.29, 1.82) is 0 Å². The van der Waals surface area contributed by atoms with Gasteiger partial charge in [0.25, 0.3) is 0 Å². The molecule has 3 rings (SSSR count). The lowest BCUT2D eigenvalue weighted by Crippen LogP contribution is -2.47. The summed E-state index contributed by atoms with van der Waals surface area (Å²) in [5.74, 6) is 2.65. The minimum absolute atomic E-state index is 0. The summed E-state index contributed by atoms with van der Waals surface area (Å²) in [5.41, 5.74) is 0. The minimum atomic E-state index is 0. The summed E-state index contributed by atoms with van der Waals surface area (Å²) < 4.78 is 6.09. The highest BCUT2D eigenvalue weighted by Gasteiger charge is 2.23. The molecule has 0 atom stereocenters. The van der Waals surface area contributed by atoms with Crippen LogP contribution in [0.2, 0.25) is 0 Å². The van der Waals surface area contributed by atoms with E-state index in [1.54, 1.807) is 0 Å². The molecule has 168 valence electrons. The van der Waals surface area contributed by atoms with E-state index in [9.17, 15) is 4.79 Å². The number of halogens is 1. The Morgan fingerprint density at radius 1 is 1.10 bits per heavy atom. The number of carbonyl (C=O) groups excluding carboxylic acids is 1. The van der Waals surface area contributed by atoms with E-state index in [4.69, 9.17) is 9.73 Å². The van der Waals surface area contributed by atoms with Gasteiger partial charge < -0.3 is 20.3 Å². The summed E-state index contributed by atoms with van der Waals surface area (Å²) in [7, 11) is 0. The normalized spacial score (nSPS) is 18.0. The van der Waals surface area contributed by atoms with Gasteiger partial charge in [-0.3, -0.25) is 9.79 Å². The van der Waals surface area contributed by atoms with Crippen molar-refractivity contribution in [2.45, 2.75) is 58.0 Å². The van der Waals surface area contributed by atoms with Gasteiger partial charge in [-0.2, -0.15) is 0 Å². The lowest BCUT2D eigenvalue weighted by atomic mass is 10.0. The molecular formula is C23H37IN4O2. The number of carbonyl (C=O) groups is 1. The number of nitrogens with zero attached hydrogens (tertiary/aromatic N) is 2. The zero-order valence-electron chi connectivity index (χ0n) is 18.1. The Hall–Kier alpha value is -1.51. The summed E-state index contributed by atoms with van der Waals surface area (Å²) in [6.45, 7) is 6.00. The van der Waals surface area contributed by atoms with Crippen molar-refractivity contribution in [3.05, 3.63) is 30.3 Å². The van der Waals surface area contributed by atoms with Gasteiger partial charge in [-0.1, -0.05) is 31.0 Å². The molecule has 1 saturated carbocycles. The maximum absolute atomic E-state index is 12.1. The van der Waals surface area contributed by atoms with E-state index < -0.39 is 0 Å². The van der Waals surface area contributed by atoms with Crippen molar-refractivity contribution in [2.75, 3.05) is 32.7 Å². The Morgan fingerprint density at radius 3 is 2.47 bits per heavy atom. The Bertz CT molecular complexity index is 642. The highest BCUT2D eigenvalue weighted by Crippen LogP contribution is 2.27. The third-order valence-electron chi connectivity index (χ3n) is 5.77. The Balaban J connectivity index is 0.00000320. The molecular weight excluding hydrogens is 491 g/mol. The van der Waals surface area contributed by atoms with Crippen molar-refractivity contribution >= 4 is 35.8 Å². The molecule has 0 radical (unpaired) electrons. The number of piperidine rings is 1. The van der Waals surface area contributed by atoms with E-state index in [-0.39, 0.29) is 36.0 Å². The van der Waals surface area contributed by atoms with Crippen molar-refractivity contribution < 1.29 is 9.53 Å². The molecule has 30 heavy (non-hydrogen) atoms. The maximum atomic E-state index is 12.1. The predicted octanol–water partition coefficient (Wildman–Crippen LogP) is 3.81. The van der Waals surface area contributed by atoms with Gasteiger partial charge in [0.2, 0.25) is 5.91 Å². The molecule has 1 saturated heterocycles. The van der Waals surface area contributed by atoms with Gasteiger partial charge in [0.1, 0.15) is 11.9 Å². The van der Waals surface area contributed by atoms with Gasteiger partial charge >= 0.3 is 0 Å². The average Bonchev–Trinajstić information content (AvgIpc) is 3.25. The van der Waals surface area contributed by atoms with Crippen molar-refractivity contribution in [2.24, 2.45) is 10.9 Å². The molecule has 6 nitrogen and oxygen atoms in total. The van der Waals surface area contributed by atoms with Crippen LogP contribution < -0.4 is 15.4 Å². The molecule has 0 unspecified atom stereocenters. The van der Waals surface area contributed by atoms with Crippen LogP contribution in [0.25, 0.3) is 0 Å². The van der Waals surface area contributed by atoms with Crippen molar-refractivity contribution in [3.8, 4) is 5.75 Å². The summed E-state index contributed by atoms with van der Waals surface area (Å²) in [4.78, 5) is 19.1. The van der Waals surface area contributed by atoms with Gasteiger partial charge in [0.05, 0.1) is 6.54 Å². The number of para-hydroxylation sites is 1. The Labute approximate surface area is 198 Å². The fourth-order valence-electron chi connectivity index (χ4n) is 4.21. The van der Waals surface area contributed by atoms with Crippen molar-refractivity contribution in [3.63, 3.8) is 0 Å². The van der Waals surface area contributed by atoms with E-state index in [1.165, 1.54) is 25.7 Å². The molecule has 1 aromatic rings. The zero-order valence-corrected chi connectivity index (χ0v) is 20.5. The van der Waals surface area contributed by atoms with E-state index in [0.717, 1.165) is 44.2 Å². The third-order valence-corrected chi connectivity index (χ3v) is 5.77. The first-order valence-corrected chi connectivity index (χ1v) is 11.3. The molecule has 2 N–H and O–H groups in total. The van der Waals surface area contributed by atoms with Gasteiger partial charge in [0.15, 0.2) is 5.96 Å². The highest BCUT2D eigenvalue weighted by atomic mass is 127. The lowest BCUT2D eigenvalue weighted by Gasteiger charge is -2.34. The Morgan fingerprint density at radius 2 is 1.80 bits per heavy atom. The molecule has 2 aliphatic rings. The first-order chi connectivity index (χ1) is 14.2. The van der Waals surface area contributed by atoms with Crippen LogP contribution in [0, 0.1) is 5.92 Å². The standard InChI is InChI=1S/C23H36N4O2.HI/c1-2-24-23(26-15-14-25-22(28)18-19-8-6-7-9-19)27-16-12-21(13-17-27)29-20-10-4-3-5-11-20;/h3-5,10-11,19,21H,2,6-9,12-18H2,1H3,(H,24,26)(H,25,28);1H. The lowest BCUT2D eigenvalue weighted by molar-refractivity contribution is -0.121. The number of likely N-dealkylation sites (tertiary alicyclic amines) is 1. The summed E-state index contributed by atoms with van der Waals surface area (Å²) in [6.07, 6.45) is 7.88. The van der Waals surface area contributed by atoms with Gasteiger partial charge in [-0.05, 0) is 37.8 Å². The second-order valence-electron chi connectivity index (χ2n) is 8.06. The Kier molecular flexibility index (Phi) is 11.3. The number of hydrogen-bond acceptors (Lipinski definition) is 3. The van der Waals surface area contributed by atoms with Crippen LogP contribution in [0.5, 0.6) is 5.75 Å². The molecule has 1 amide bonds. The largest absolute Gasteiger partial charge is 0.490 e. The van der Waals surface area contributed by atoms with Gasteiger partial charge in [0, 0.05) is 45.4 Å². The minimum Gasteiger partial charge on any atom is -0.490 e. The summed E-state index contributed by atoms with van der Waals surface area (Å²) in [5, 5.41) is 6.42. The molecule has 0 spiro atoms. The highest BCUT2D eigenvalue weighted by molar-refractivity contribution is 14.0. The maximum Gasteiger partial charge on any atom is 0.220 e. The smallest absolute Gasteiger partial charge is 0.220 e. The number of guanidine groups is 1. The molecule has 7 heteroatoms. The summed E-state index contributed by atoms with van der Waals surface area (Å²) in [6, 6.07) is 10.0. The van der Waals surface area contributed by atoms with Crippen LogP contribution in [0.15, 0.2) is 35.3 Å². The SMILES string of the molecule is CCNC(=NCCNC(=O)CC1CCCC1)N1CCC(Oc2ccccc2)CC1.I. The van der Waals surface area contributed by atoms with Crippen LogP contribution in [-0.4, -0.2) is 55.6 Å². The van der Waals surface area contributed by atoms with E-state index in [1.807, 2.05) is 30.3 Å². The number of nitrogens with one attached hydrogen (secondary N) is 2. The first-order valence-electron chi connectivity index (χ1n) is 11.3. The van der Waals surface area contributed by atoms with Crippen LogP contribution in [-0.2, 0) is 4.79 Å². The van der Waals surface area contributed by atoms with E-state index >= 15 is 0 Å². The molecule has 0 bridgehead atoms. The number of hydrogen-bond donors (Lipinski definition) is 2. The second kappa shape index (κ2) is 13.7. The second-order valence-corrected chi connectivity index (χ2v) is 8.06. The quantitative estimate of drug-likeness (QED) is 0.233. The molecule has 1 heterocycles. The molecule has 2 fully saturated rings. The monoisotopic (exact) mass is 528 g/mol. The van der Waals surface area contributed by atoms with Gasteiger partial charge in [-0.15, -0.1) is 24.0 Å². The van der Waals surface area contributed by atoms with E-state index in [2.05, 4.69) is 22.5 Å². The fraction of sp³-hybridized carbons (Fsp3) is 0.652. The van der Waals surface area contributed by atoms with Gasteiger partial charge in [-0.25, -0.2) is 0 Å².